The maximum absolute atomic E-state index is 11.2. The molecular formula is C12H12N2O4. The topological polar surface area (TPSA) is 75.7 Å². The second-order valence-electron chi connectivity index (χ2n) is 3.88. The summed E-state index contributed by atoms with van der Waals surface area (Å²) in [5, 5.41) is 1.92. The average Bonchev–Trinajstić information content (AvgIpc) is 2.56. The van der Waals surface area contributed by atoms with Crippen molar-refractivity contribution in [2.45, 2.75) is 6.92 Å². The summed E-state index contributed by atoms with van der Waals surface area (Å²) in [7, 11) is 0. The van der Waals surface area contributed by atoms with Crippen LogP contribution in [0.15, 0.2) is 24.3 Å². The highest BCUT2D eigenvalue weighted by atomic mass is 16.5. The van der Waals surface area contributed by atoms with Crippen LogP contribution in [0.3, 0.4) is 0 Å². The minimum atomic E-state index is -0.893. The molecule has 0 radical (unpaired) electrons. The molecule has 1 fully saturated rings. The molecule has 4 amide bonds. The lowest BCUT2D eigenvalue weighted by Gasteiger charge is -2.12. The molecule has 1 aliphatic heterocycles. The van der Waals surface area contributed by atoms with Crippen LogP contribution in [0.5, 0.6) is 5.75 Å². The number of imide groups is 2. The van der Waals surface area contributed by atoms with E-state index in [0.717, 1.165) is 10.5 Å². The van der Waals surface area contributed by atoms with Gasteiger partial charge >= 0.3 is 17.8 Å². The van der Waals surface area contributed by atoms with E-state index >= 15 is 0 Å². The molecule has 1 aliphatic rings. The number of amides is 4. The molecule has 1 saturated heterocycles. The van der Waals surface area contributed by atoms with Gasteiger partial charge in [-0.25, -0.2) is 4.79 Å². The van der Waals surface area contributed by atoms with Crippen LogP contribution in [0.4, 0.5) is 4.79 Å². The Morgan fingerprint density at radius 3 is 2.67 bits per heavy atom. The van der Waals surface area contributed by atoms with Crippen LogP contribution >= 0.6 is 0 Å². The van der Waals surface area contributed by atoms with Gasteiger partial charge in [0.2, 0.25) is 0 Å². The van der Waals surface area contributed by atoms with E-state index in [9.17, 15) is 14.4 Å². The summed E-state index contributed by atoms with van der Waals surface area (Å²) in [6.45, 7) is 2.13. The van der Waals surface area contributed by atoms with E-state index in [4.69, 9.17) is 4.74 Å². The van der Waals surface area contributed by atoms with Crippen LogP contribution in [-0.4, -0.2) is 35.9 Å². The van der Waals surface area contributed by atoms with E-state index < -0.39 is 17.8 Å². The molecule has 6 heteroatoms. The number of rotatable bonds is 4. The lowest BCUT2D eigenvalue weighted by molar-refractivity contribution is -0.140. The zero-order chi connectivity index (χ0) is 13.1. The van der Waals surface area contributed by atoms with E-state index in [1.807, 2.05) is 30.4 Å². The second kappa shape index (κ2) is 4.87. The zero-order valence-electron chi connectivity index (χ0n) is 9.80. The Hall–Kier alpha value is -2.37. The summed E-state index contributed by atoms with van der Waals surface area (Å²) in [4.78, 5) is 34.2. The van der Waals surface area contributed by atoms with Gasteiger partial charge in [-0.3, -0.25) is 19.8 Å². The summed E-state index contributed by atoms with van der Waals surface area (Å²) in [5.74, 6) is -1.07. The Bertz CT molecular complexity index is 513. The molecule has 1 aromatic carbocycles. The van der Waals surface area contributed by atoms with Crippen molar-refractivity contribution in [3.8, 4) is 5.75 Å². The van der Waals surface area contributed by atoms with E-state index in [2.05, 4.69) is 0 Å². The molecule has 1 N–H and O–H groups in total. The van der Waals surface area contributed by atoms with Crippen LogP contribution in [0, 0.1) is 6.92 Å². The van der Waals surface area contributed by atoms with Crippen LogP contribution in [0.25, 0.3) is 0 Å². The van der Waals surface area contributed by atoms with Gasteiger partial charge in [-0.1, -0.05) is 12.1 Å². The summed E-state index contributed by atoms with van der Waals surface area (Å²) < 4.78 is 5.40. The number of aryl methyl sites for hydroxylation is 1. The maximum atomic E-state index is 11.2. The van der Waals surface area contributed by atoms with Crippen molar-refractivity contribution in [1.82, 2.24) is 10.2 Å². The number of nitrogens with zero attached hydrogens (tertiary/aromatic N) is 1. The summed E-state index contributed by atoms with van der Waals surface area (Å²) in [6.07, 6.45) is 0. The Labute approximate surface area is 104 Å². The normalized spacial score (nSPS) is 14.9. The van der Waals surface area contributed by atoms with Crippen molar-refractivity contribution in [2.75, 3.05) is 13.2 Å². The van der Waals surface area contributed by atoms with Crippen molar-refractivity contribution in [3.63, 3.8) is 0 Å². The van der Waals surface area contributed by atoms with Gasteiger partial charge in [0, 0.05) is 0 Å². The molecule has 0 spiro atoms. The highest BCUT2D eigenvalue weighted by Crippen LogP contribution is 2.12. The summed E-state index contributed by atoms with van der Waals surface area (Å²) in [6, 6.07) is 6.71. The van der Waals surface area contributed by atoms with E-state index in [0.29, 0.717) is 5.75 Å². The van der Waals surface area contributed by atoms with Gasteiger partial charge in [-0.05, 0) is 24.6 Å². The van der Waals surface area contributed by atoms with Gasteiger partial charge in [0.25, 0.3) is 0 Å². The number of hydrogen-bond acceptors (Lipinski definition) is 4. The molecule has 0 bridgehead atoms. The monoisotopic (exact) mass is 248 g/mol. The second-order valence-corrected chi connectivity index (χ2v) is 3.88. The van der Waals surface area contributed by atoms with Crippen molar-refractivity contribution in [2.24, 2.45) is 0 Å². The highest BCUT2D eigenvalue weighted by Gasteiger charge is 2.36. The molecule has 2 rings (SSSR count). The fourth-order valence-corrected chi connectivity index (χ4v) is 1.60. The minimum Gasteiger partial charge on any atom is -0.492 e. The smallest absolute Gasteiger partial charge is 0.331 e. The lowest BCUT2D eigenvalue weighted by Crippen LogP contribution is -2.34. The average molecular weight is 248 g/mol. The predicted octanol–water partition coefficient (Wildman–Crippen LogP) is 0.452. The third-order valence-electron chi connectivity index (χ3n) is 2.48. The van der Waals surface area contributed by atoms with Crippen molar-refractivity contribution in [1.29, 1.82) is 0 Å². The Morgan fingerprint density at radius 1 is 1.28 bits per heavy atom. The molecule has 1 heterocycles. The molecule has 94 valence electrons. The summed E-state index contributed by atoms with van der Waals surface area (Å²) in [5.41, 5.74) is 1.05. The fourth-order valence-electron chi connectivity index (χ4n) is 1.60. The van der Waals surface area contributed by atoms with E-state index in [1.54, 1.807) is 6.07 Å². The first-order valence-electron chi connectivity index (χ1n) is 5.44. The first kappa shape index (κ1) is 12.1. The number of carbonyl (C=O) groups excluding carboxylic acids is 3. The molecule has 0 saturated carbocycles. The van der Waals surface area contributed by atoms with Crippen LogP contribution in [0.2, 0.25) is 0 Å². The molecule has 0 aromatic heterocycles. The molecule has 0 atom stereocenters. The van der Waals surface area contributed by atoms with E-state index in [-0.39, 0.29) is 13.2 Å². The van der Waals surface area contributed by atoms with Gasteiger partial charge in [0.15, 0.2) is 0 Å². The number of carbonyl (C=O) groups is 3. The number of benzene rings is 1. The van der Waals surface area contributed by atoms with Crippen molar-refractivity contribution >= 4 is 17.8 Å². The van der Waals surface area contributed by atoms with Crippen molar-refractivity contribution < 1.29 is 19.1 Å². The van der Waals surface area contributed by atoms with Gasteiger partial charge in [-0.2, -0.15) is 0 Å². The van der Waals surface area contributed by atoms with Crippen LogP contribution in [-0.2, 0) is 9.59 Å². The number of hydrogen-bond donors (Lipinski definition) is 1. The number of urea groups is 1. The Balaban J connectivity index is 1.88. The maximum Gasteiger partial charge on any atom is 0.331 e. The van der Waals surface area contributed by atoms with Gasteiger partial charge in [0.1, 0.15) is 12.4 Å². The predicted molar refractivity (Wildman–Crippen MR) is 61.9 cm³/mol. The Morgan fingerprint density at radius 2 is 2.06 bits per heavy atom. The largest absolute Gasteiger partial charge is 0.492 e. The van der Waals surface area contributed by atoms with Crippen LogP contribution in [0.1, 0.15) is 5.56 Å². The quantitative estimate of drug-likeness (QED) is 0.620. The van der Waals surface area contributed by atoms with E-state index in [1.165, 1.54) is 0 Å². The molecule has 18 heavy (non-hydrogen) atoms. The lowest BCUT2D eigenvalue weighted by atomic mass is 10.2. The SMILES string of the molecule is Cc1cccc(OCCN2C(=O)NC(=O)C2=O)c1. The number of ether oxygens (including phenoxy) is 1. The number of nitrogens with one attached hydrogen (secondary N) is 1. The summed E-state index contributed by atoms with van der Waals surface area (Å²) >= 11 is 0. The third-order valence-corrected chi connectivity index (χ3v) is 2.48. The third kappa shape index (κ3) is 2.48. The molecule has 0 aliphatic carbocycles. The Kier molecular flexibility index (Phi) is 3.27. The first-order chi connectivity index (χ1) is 8.58. The standard InChI is InChI=1S/C12H12N2O4/c1-8-3-2-4-9(7-8)18-6-5-14-11(16)10(15)13-12(14)17/h2-4,7H,5-6H2,1H3,(H,13,15,17). The van der Waals surface area contributed by atoms with Crippen molar-refractivity contribution in [3.05, 3.63) is 29.8 Å². The van der Waals surface area contributed by atoms with Crippen LogP contribution < -0.4 is 10.1 Å². The zero-order valence-corrected chi connectivity index (χ0v) is 9.80. The van der Waals surface area contributed by atoms with Gasteiger partial charge < -0.3 is 4.74 Å². The molecule has 1 aromatic rings. The molecular weight excluding hydrogens is 236 g/mol. The minimum absolute atomic E-state index is 0.0460. The van der Waals surface area contributed by atoms with Gasteiger partial charge in [-0.15, -0.1) is 0 Å². The fraction of sp³-hybridized carbons (Fsp3) is 0.250. The first-order valence-corrected chi connectivity index (χ1v) is 5.44. The highest BCUT2D eigenvalue weighted by molar-refractivity contribution is 6.44. The molecule has 6 nitrogen and oxygen atoms in total. The molecule has 0 unspecified atom stereocenters. The van der Waals surface area contributed by atoms with Gasteiger partial charge in [0.05, 0.1) is 6.54 Å².